The number of alkyl halides is 3. The zero-order valence-corrected chi connectivity index (χ0v) is 13.9. The van der Waals surface area contributed by atoms with Crippen LogP contribution in [0.25, 0.3) is 0 Å². The first-order valence-corrected chi connectivity index (χ1v) is 8.12. The quantitative estimate of drug-likeness (QED) is 0.905. The Labute approximate surface area is 135 Å². The van der Waals surface area contributed by atoms with E-state index in [4.69, 9.17) is 0 Å². The third kappa shape index (κ3) is 3.32. The highest BCUT2D eigenvalue weighted by atomic mass is 19.4. The molecule has 0 atom stereocenters. The summed E-state index contributed by atoms with van der Waals surface area (Å²) in [7, 11) is 0. The van der Waals surface area contributed by atoms with Gasteiger partial charge in [-0.3, -0.25) is 4.90 Å². The summed E-state index contributed by atoms with van der Waals surface area (Å²) in [6.45, 7) is 8.53. The monoisotopic (exact) mass is 327 g/mol. The van der Waals surface area contributed by atoms with Gasteiger partial charge < -0.3 is 5.32 Å². The Morgan fingerprint density at radius 3 is 2.30 bits per heavy atom. The van der Waals surface area contributed by atoms with Crippen LogP contribution in [0, 0.1) is 5.41 Å². The number of pyridine rings is 1. The Hall–Kier alpha value is -1.30. The summed E-state index contributed by atoms with van der Waals surface area (Å²) >= 11 is 0. The van der Waals surface area contributed by atoms with Crippen molar-refractivity contribution in [1.82, 2.24) is 9.88 Å². The molecule has 3 rings (SSSR count). The van der Waals surface area contributed by atoms with Crippen LogP contribution in [0.3, 0.4) is 0 Å². The molecule has 1 saturated heterocycles. The van der Waals surface area contributed by atoms with E-state index in [1.54, 1.807) is 12.3 Å². The van der Waals surface area contributed by atoms with Gasteiger partial charge in [0.25, 0.3) is 0 Å². The van der Waals surface area contributed by atoms with Crippen LogP contribution in [0.15, 0.2) is 18.3 Å². The maximum Gasteiger partial charge on any atom is 0.396 e. The lowest BCUT2D eigenvalue weighted by Crippen LogP contribution is -2.54. The van der Waals surface area contributed by atoms with E-state index >= 15 is 0 Å². The van der Waals surface area contributed by atoms with Crippen molar-refractivity contribution in [3.8, 4) is 0 Å². The van der Waals surface area contributed by atoms with Crippen LogP contribution < -0.4 is 5.32 Å². The molecule has 0 radical (unpaired) electrons. The number of rotatable bonds is 4. The Bertz CT molecular complexity index is 550. The van der Waals surface area contributed by atoms with E-state index in [0.29, 0.717) is 11.7 Å². The molecule has 1 N–H and O–H groups in total. The summed E-state index contributed by atoms with van der Waals surface area (Å²) in [5, 5.41) is 2.85. The van der Waals surface area contributed by atoms with Crippen LogP contribution in [0.4, 0.5) is 19.0 Å². The van der Waals surface area contributed by atoms with Crippen LogP contribution in [-0.2, 0) is 0 Å². The second kappa shape index (κ2) is 5.36. The zero-order valence-electron chi connectivity index (χ0n) is 13.9. The van der Waals surface area contributed by atoms with Gasteiger partial charge in [0.15, 0.2) is 0 Å². The predicted octanol–water partition coefficient (Wildman–Crippen LogP) is 4.03. The van der Waals surface area contributed by atoms with Gasteiger partial charge in [0.2, 0.25) is 0 Å². The molecular formula is C17H24F3N3. The lowest BCUT2D eigenvalue weighted by molar-refractivity contribution is -0.182. The third-order valence-corrected chi connectivity index (χ3v) is 5.15. The minimum absolute atomic E-state index is 0.0793. The van der Waals surface area contributed by atoms with Crippen molar-refractivity contribution in [3.63, 3.8) is 0 Å². The van der Waals surface area contributed by atoms with E-state index in [-0.39, 0.29) is 24.9 Å². The largest absolute Gasteiger partial charge is 0.396 e. The van der Waals surface area contributed by atoms with Gasteiger partial charge in [0.05, 0.1) is 5.41 Å². The molecule has 0 amide bonds. The summed E-state index contributed by atoms with van der Waals surface area (Å²) in [6.07, 6.45) is -1.90. The first-order valence-electron chi connectivity index (χ1n) is 8.12. The molecule has 1 aliphatic heterocycles. The van der Waals surface area contributed by atoms with Gasteiger partial charge in [0, 0.05) is 37.3 Å². The van der Waals surface area contributed by atoms with Crippen LogP contribution in [0.2, 0.25) is 0 Å². The fourth-order valence-corrected chi connectivity index (χ4v) is 2.96. The van der Waals surface area contributed by atoms with Gasteiger partial charge >= 0.3 is 6.18 Å². The van der Waals surface area contributed by atoms with E-state index in [0.717, 1.165) is 18.7 Å². The third-order valence-electron chi connectivity index (χ3n) is 5.15. The average Bonchev–Trinajstić information content (AvgIpc) is 3.15. The van der Waals surface area contributed by atoms with E-state index in [2.05, 4.69) is 36.0 Å². The van der Waals surface area contributed by atoms with Gasteiger partial charge in [-0.1, -0.05) is 6.07 Å². The zero-order chi connectivity index (χ0) is 16.9. The minimum atomic E-state index is -4.12. The summed E-state index contributed by atoms with van der Waals surface area (Å²) in [5.74, 6) is 0.997. The number of nitrogens with zero attached hydrogens (tertiary/aromatic N) is 2. The lowest BCUT2D eigenvalue weighted by atomic mass is 9.88. The molecule has 1 aliphatic carbocycles. The second-order valence-electron chi connectivity index (χ2n) is 7.88. The highest BCUT2D eigenvalue weighted by Gasteiger charge is 2.62. The minimum Gasteiger partial charge on any atom is -0.369 e. The van der Waals surface area contributed by atoms with E-state index < -0.39 is 11.6 Å². The Kier molecular flexibility index (Phi) is 3.86. The van der Waals surface area contributed by atoms with Crippen molar-refractivity contribution in [2.75, 3.05) is 25.0 Å². The Balaban J connectivity index is 1.53. The number of hydrogen-bond donors (Lipinski definition) is 1. The number of halogens is 3. The Morgan fingerprint density at radius 1 is 1.22 bits per heavy atom. The molecule has 2 aliphatic rings. The number of aromatic nitrogens is 1. The molecule has 1 aromatic rings. The summed E-state index contributed by atoms with van der Waals surface area (Å²) < 4.78 is 38.7. The fraction of sp³-hybridized carbons (Fsp3) is 0.706. The first-order chi connectivity index (χ1) is 10.6. The van der Waals surface area contributed by atoms with Gasteiger partial charge in [-0.05, 0) is 45.2 Å². The molecule has 0 aromatic carbocycles. The second-order valence-corrected chi connectivity index (χ2v) is 7.88. The smallest absolute Gasteiger partial charge is 0.369 e. The summed E-state index contributed by atoms with van der Waals surface area (Å²) in [6, 6.07) is 3.77. The number of likely N-dealkylation sites (tertiary alicyclic amines) is 1. The molecule has 1 saturated carbocycles. The molecule has 2 heterocycles. The van der Waals surface area contributed by atoms with Gasteiger partial charge in [-0.2, -0.15) is 13.2 Å². The van der Waals surface area contributed by atoms with Crippen LogP contribution in [0.5, 0.6) is 0 Å². The van der Waals surface area contributed by atoms with Gasteiger partial charge in [-0.15, -0.1) is 0 Å². The van der Waals surface area contributed by atoms with E-state index in [1.165, 1.54) is 0 Å². The molecule has 3 nitrogen and oxygen atoms in total. The molecule has 2 fully saturated rings. The SMILES string of the molecule is CC(C)(C)N1CC(c2ccc(NCC3(C(F)(F)F)CC3)nc2)C1. The van der Waals surface area contributed by atoms with Crippen molar-refractivity contribution < 1.29 is 13.2 Å². The van der Waals surface area contributed by atoms with Crippen molar-refractivity contribution in [1.29, 1.82) is 0 Å². The predicted molar refractivity (Wildman–Crippen MR) is 84.5 cm³/mol. The molecule has 0 spiro atoms. The first kappa shape index (κ1) is 16.6. The number of nitrogens with one attached hydrogen (secondary N) is 1. The van der Waals surface area contributed by atoms with Gasteiger partial charge in [0.1, 0.15) is 5.82 Å². The molecule has 0 bridgehead atoms. The normalized spacial score (nSPS) is 21.8. The highest BCUT2D eigenvalue weighted by molar-refractivity contribution is 5.38. The van der Waals surface area contributed by atoms with Crippen LogP contribution in [-0.4, -0.2) is 41.2 Å². The molecule has 128 valence electrons. The van der Waals surface area contributed by atoms with Crippen molar-refractivity contribution in [2.24, 2.45) is 5.41 Å². The Morgan fingerprint density at radius 2 is 1.87 bits per heavy atom. The molecule has 0 unspecified atom stereocenters. The van der Waals surface area contributed by atoms with Crippen molar-refractivity contribution in [2.45, 2.75) is 51.2 Å². The topological polar surface area (TPSA) is 28.2 Å². The van der Waals surface area contributed by atoms with E-state index in [9.17, 15) is 13.2 Å². The average molecular weight is 327 g/mol. The van der Waals surface area contributed by atoms with Crippen molar-refractivity contribution in [3.05, 3.63) is 23.9 Å². The van der Waals surface area contributed by atoms with Crippen LogP contribution in [0.1, 0.15) is 45.1 Å². The highest BCUT2D eigenvalue weighted by Crippen LogP contribution is 2.57. The van der Waals surface area contributed by atoms with Crippen LogP contribution >= 0.6 is 0 Å². The van der Waals surface area contributed by atoms with E-state index in [1.807, 2.05) is 6.07 Å². The standard InChI is InChI=1S/C17H24F3N3/c1-15(2,3)23-9-13(10-23)12-4-5-14(21-8-12)22-11-16(6-7-16)17(18,19)20/h4-5,8,13H,6-7,9-11H2,1-3H3,(H,21,22). The molecule has 6 heteroatoms. The number of hydrogen-bond acceptors (Lipinski definition) is 3. The molecule has 23 heavy (non-hydrogen) atoms. The van der Waals surface area contributed by atoms with Gasteiger partial charge in [-0.25, -0.2) is 4.98 Å². The molecule has 1 aromatic heterocycles. The summed E-state index contributed by atoms with van der Waals surface area (Å²) in [5.41, 5.74) is -0.191. The maximum absolute atomic E-state index is 12.9. The summed E-state index contributed by atoms with van der Waals surface area (Å²) in [4.78, 5) is 6.69. The maximum atomic E-state index is 12.9. The lowest BCUT2D eigenvalue weighted by Gasteiger charge is -2.47. The number of anilines is 1. The van der Waals surface area contributed by atoms with Crippen molar-refractivity contribution >= 4 is 5.82 Å². The molecular weight excluding hydrogens is 303 g/mol. The fourth-order valence-electron chi connectivity index (χ4n) is 2.96.